The molecule has 0 aromatic heterocycles. The number of carbonyl (C=O) groups excluding carboxylic acids is 1. The van der Waals surface area contributed by atoms with Gasteiger partial charge in [0.05, 0.1) is 0 Å². The van der Waals surface area contributed by atoms with Crippen molar-refractivity contribution in [2.24, 2.45) is 5.92 Å². The Kier molecular flexibility index (Phi) is 20.6. The molecule has 0 aliphatic heterocycles. The second kappa shape index (κ2) is 15.0. The molecule has 4 nitrogen and oxygen atoms in total. The third-order valence-electron chi connectivity index (χ3n) is 0.953. The zero-order valence-corrected chi connectivity index (χ0v) is 9.82. The van der Waals surface area contributed by atoms with E-state index in [4.69, 9.17) is 15.3 Å². The van der Waals surface area contributed by atoms with Crippen LogP contribution < -0.4 is 0 Å². The maximum Gasteiger partial charge on any atom is 0.157 e. The van der Waals surface area contributed by atoms with Crippen molar-refractivity contribution in [1.82, 2.24) is 0 Å². The molecule has 0 amide bonds. The van der Waals surface area contributed by atoms with Gasteiger partial charge < -0.3 is 15.3 Å². The lowest BCUT2D eigenvalue weighted by Gasteiger charge is -1.90. The zero-order valence-electron chi connectivity index (χ0n) is 9.82. The Hall–Kier alpha value is -0.450. The highest BCUT2D eigenvalue weighted by Gasteiger charge is 1.97. The van der Waals surface area contributed by atoms with Gasteiger partial charge in [-0.05, 0) is 26.7 Å². The van der Waals surface area contributed by atoms with Gasteiger partial charge in [-0.25, -0.2) is 0 Å². The quantitative estimate of drug-likeness (QED) is 0.620. The molecule has 0 aromatic rings. The lowest BCUT2D eigenvalue weighted by molar-refractivity contribution is -0.124. The number of Topliss-reactive ketones (excluding diaryl/α,β-unsaturated/α-hetero) is 1. The van der Waals surface area contributed by atoms with Gasteiger partial charge in [0, 0.05) is 13.2 Å². The lowest BCUT2D eigenvalue weighted by atomic mass is 10.2. The van der Waals surface area contributed by atoms with Crippen molar-refractivity contribution in [3.8, 4) is 0 Å². The Balaban J connectivity index is -0.000000138. The maximum atomic E-state index is 9.89. The van der Waals surface area contributed by atoms with E-state index in [1.165, 1.54) is 13.8 Å². The van der Waals surface area contributed by atoms with Gasteiger partial charge in [0.2, 0.25) is 0 Å². The number of aliphatic hydroxyl groups is 3. The fourth-order valence-electron chi connectivity index (χ4n) is 0. The van der Waals surface area contributed by atoms with E-state index in [2.05, 4.69) is 0 Å². The van der Waals surface area contributed by atoms with E-state index < -0.39 is 6.10 Å². The molecule has 0 spiro atoms. The Morgan fingerprint density at radius 2 is 1.36 bits per heavy atom. The Morgan fingerprint density at radius 3 is 1.36 bits per heavy atom. The SMILES string of the molecule is CC(=O)C(C)O.CC(C)CO.CCO. The highest BCUT2D eigenvalue weighted by atomic mass is 16.3. The van der Waals surface area contributed by atoms with Gasteiger partial charge in [0.15, 0.2) is 5.78 Å². The summed E-state index contributed by atoms with van der Waals surface area (Å²) in [5.41, 5.74) is 0. The van der Waals surface area contributed by atoms with Crippen LogP contribution in [0, 0.1) is 5.92 Å². The zero-order chi connectivity index (χ0) is 12.1. The van der Waals surface area contributed by atoms with Crippen LogP contribution in [-0.4, -0.2) is 40.4 Å². The van der Waals surface area contributed by atoms with Gasteiger partial charge in [-0.15, -0.1) is 0 Å². The molecule has 88 valence electrons. The molecule has 14 heavy (non-hydrogen) atoms. The first-order valence-electron chi connectivity index (χ1n) is 4.73. The molecule has 0 saturated carbocycles. The molecule has 0 saturated heterocycles. The van der Waals surface area contributed by atoms with Crippen molar-refractivity contribution >= 4 is 5.78 Å². The number of ketones is 1. The van der Waals surface area contributed by atoms with Gasteiger partial charge in [-0.3, -0.25) is 4.79 Å². The van der Waals surface area contributed by atoms with Crippen molar-refractivity contribution in [2.45, 2.75) is 40.7 Å². The van der Waals surface area contributed by atoms with Crippen LogP contribution in [0.15, 0.2) is 0 Å². The van der Waals surface area contributed by atoms with E-state index in [-0.39, 0.29) is 12.4 Å². The molecule has 3 N–H and O–H groups in total. The largest absolute Gasteiger partial charge is 0.397 e. The van der Waals surface area contributed by atoms with E-state index in [0.717, 1.165) is 0 Å². The van der Waals surface area contributed by atoms with Crippen LogP contribution >= 0.6 is 0 Å². The summed E-state index contributed by atoms with van der Waals surface area (Å²) in [6.07, 6.45) is -0.787. The molecule has 0 heterocycles. The molecular weight excluding hydrogens is 184 g/mol. The Morgan fingerprint density at radius 1 is 1.21 bits per heavy atom. The number of rotatable bonds is 2. The molecular formula is C10H24O4. The first kappa shape index (κ1) is 19.2. The molecule has 0 aromatic carbocycles. The number of hydrogen-bond acceptors (Lipinski definition) is 4. The van der Waals surface area contributed by atoms with Crippen molar-refractivity contribution in [3.05, 3.63) is 0 Å². The summed E-state index contributed by atoms with van der Waals surface area (Å²) in [5, 5.41) is 24.0. The molecule has 0 bridgehead atoms. The first-order valence-corrected chi connectivity index (χ1v) is 4.73. The monoisotopic (exact) mass is 208 g/mol. The molecule has 0 aliphatic carbocycles. The van der Waals surface area contributed by atoms with Crippen LogP contribution in [0.1, 0.15) is 34.6 Å². The first-order chi connectivity index (χ1) is 6.33. The van der Waals surface area contributed by atoms with Crippen molar-refractivity contribution < 1.29 is 20.1 Å². The summed E-state index contributed by atoms with van der Waals surface area (Å²) in [6.45, 7) is 8.98. The molecule has 1 atom stereocenters. The van der Waals surface area contributed by atoms with Crippen molar-refractivity contribution in [1.29, 1.82) is 0 Å². The van der Waals surface area contributed by atoms with Gasteiger partial charge in [-0.2, -0.15) is 0 Å². The fraction of sp³-hybridized carbons (Fsp3) is 0.900. The summed E-state index contributed by atoms with van der Waals surface area (Å²) >= 11 is 0. The van der Waals surface area contributed by atoms with Crippen LogP contribution in [0.25, 0.3) is 0 Å². The predicted octanol–water partition coefficient (Wildman–Crippen LogP) is 0.589. The summed E-state index contributed by atoms with van der Waals surface area (Å²) in [7, 11) is 0. The standard InChI is InChI=1S/C4H8O2.C4H10O.C2H6O/c1-3(5)4(2)6;1-4(2)3-5;1-2-3/h3,5H,1-2H3;4-5H,3H2,1-2H3;3H,2H2,1H3. The second-order valence-corrected chi connectivity index (χ2v) is 3.18. The number of carbonyl (C=O) groups is 1. The van der Waals surface area contributed by atoms with Gasteiger partial charge in [-0.1, -0.05) is 13.8 Å². The van der Waals surface area contributed by atoms with E-state index in [1.807, 2.05) is 13.8 Å². The van der Waals surface area contributed by atoms with Gasteiger partial charge in [0.25, 0.3) is 0 Å². The molecule has 4 heteroatoms. The lowest BCUT2D eigenvalue weighted by Crippen LogP contribution is -2.10. The Bertz CT molecular complexity index is 111. The molecule has 1 unspecified atom stereocenters. The van der Waals surface area contributed by atoms with Gasteiger partial charge >= 0.3 is 0 Å². The summed E-state index contributed by atoms with van der Waals surface area (Å²) in [4.78, 5) is 9.89. The van der Waals surface area contributed by atoms with E-state index >= 15 is 0 Å². The van der Waals surface area contributed by atoms with E-state index in [9.17, 15) is 4.79 Å². The van der Waals surface area contributed by atoms with Crippen LogP contribution in [0.3, 0.4) is 0 Å². The minimum Gasteiger partial charge on any atom is -0.397 e. The second-order valence-electron chi connectivity index (χ2n) is 3.18. The number of hydrogen-bond donors (Lipinski definition) is 3. The fourth-order valence-corrected chi connectivity index (χ4v) is 0. The topological polar surface area (TPSA) is 77.8 Å². The predicted molar refractivity (Wildman–Crippen MR) is 57.0 cm³/mol. The molecule has 0 fully saturated rings. The molecule has 0 radical (unpaired) electrons. The highest BCUT2D eigenvalue weighted by molar-refractivity contribution is 5.79. The van der Waals surface area contributed by atoms with E-state index in [0.29, 0.717) is 12.5 Å². The van der Waals surface area contributed by atoms with Crippen molar-refractivity contribution in [2.75, 3.05) is 13.2 Å². The van der Waals surface area contributed by atoms with E-state index in [1.54, 1.807) is 6.92 Å². The molecule has 0 rings (SSSR count). The van der Waals surface area contributed by atoms with Crippen LogP contribution in [-0.2, 0) is 4.79 Å². The van der Waals surface area contributed by atoms with Crippen LogP contribution in [0.4, 0.5) is 0 Å². The number of aliphatic hydroxyl groups excluding tert-OH is 3. The average Bonchev–Trinajstić information content (AvgIpc) is 2.06. The van der Waals surface area contributed by atoms with Crippen LogP contribution in [0.2, 0.25) is 0 Å². The van der Waals surface area contributed by atoms with Crippen LogP contribution in [0.5, 0.6) is 0 Å². The molecule has 0 aliphatic rings. The smallest absolute Gasteiger partial charge is 0.157 e. The normalized spacial score (nSPS) is 10.6. The van der Waals surface area contributed by atoms with Gasteiger partial charge in [0.1, 0.15) is 6.10 Å². The Labute approximate surface area is 86.6 Å². The average molecular weight is 208 g/mol. The minimum absolute atomic E-state index is 0.185. The third kappa shape index (κ3) is 41.7. The summed E-state index contributed by atoms with van der Waals surface area (Å²) < 4.78 is 0. The highest BCUT2D eigenvalue weighted by Crippen LogP contribution is 1.83. The summed E-state index contributed by atoms with van der Waals surface area (Å²) in [5.74, 6) is 0.255. The third-order valence-corrected chi connectivity index (χ3v) is 0.953. The summed E-state index contributed by atoms with van der Waals surface area (Å²) in [6, 6.07) is 0. The minimum atomic E-state index is -0.787. The maximum absolute atomic E-state index is 9.89. The van der Waals surface area contributed by atoms with Crippen molar-refractivity contribution in [3.63, 3.8) is 0 Å².